The summed E-state index contributed by atoms with van der Waals surface area (Å²) in [4.78, 5) is 4.38. The monoisotopic (exact) mass is 333 g/mol. The fraction of sp³-hybridized carbons (Fsp3) is 0.267. The maximum Gasteiger partial charge on any atom is 0.181 e. The van der Waals surface area contributed by atoms with Crippen LogP contribution in [0.5, 0.6) is 5.75 Å². The van der Waals surface area contributed by atoms with Gasteiger partial charge in [-0.3, -0.25) is 4.57 Å². The van der Waals surface area contributed by atoms with Crippen LogP contribution in [0.3, 0.4) is 0 Å². The van der Waals surface area contributed by atoms with E-state index in [1.54, 1.807) is 18.5 Å². The largest absolute Gasteiger partial charge is 0.492 e. The van der Waals surface area contributed by atoms with E-state index in [-0.39, 0.29) is 10.8 Å². The van der Waals surface area contributed by atoms with Crippen LogP contribution in [0.15, 0.2) is 30.7 Å². The molecular formula is C15H13ClFN5O. The third-order valence-electron chi connectivity index (χ3n) is 3.79. The molecule has 1 aliphatic carbocycles. The van der Waals surface area contributed by atoms with E-state index >= 15 is 0 Å². The molecule has 0 bridgehead atoms. The van der Waals surface area contributed by atoms with Crippen molar-refractivity contribution in [1.29, 1.82) is 0 Å². The molecule has 23 heavy (non-hydrogen) atoms. The number of halogens is 2. The van der Waals surface area contributed by atoms with E-state index < -0.39 is 5.82 Å². The van der Waals surface area contributed by atoms with Gasteiger partial charge in [-0.15, -0.1) is 5.10 Å². The lowest BCUT2D eigenvalue weighted by molar-refractivity contribution is 0.386. The van der Waals surface area contributed by atoms with Gasteiger partial charge in [0.2, 0.25) is 0 Å². The van der Waals surface area contributed by atoms with Crippen LogP contribution in [-0.4, -0.2) is 31.7 Å². The van der Waals surface area contributed by atoms with Gasteiger partial charge in [0.1, 0.15) is 5.82 Å². The highest BCUT2D eigenvalue weighted by Crippen LogP contribution is 2.39. The van der Waals surface area contributed by atoms with Gasteiger partial charge in [0, 0.05) is 24.4 Å². The topological polar surface area (TPSA) is 57.8 Å². The van der Waals surface area contributed by atoms with Gasteiger partial charge in [-0.25, -0.2) is 14.1 Å². The molecule has 2 heterocycles. The molecule has 0 amide bonds. The minimum Gasteiger partial charge on any atom is -0.492 e. The highest BCUT2D eigenvalue weighted by molar-refractivity contribution is 6.32. The molecule has 4 rings (SSSR count). The third kappa shape index (κ3) is 2.46. The summed E-state index contributed by atoms with van der Waals surface area (Å²) in [5.74, 6) is 1.57. The second-order valence-corrected chi connectivity index (χ2v) is 5.80. The molecule has 6 nitrogen and oxygen atoms in total. The van der Waals surface area contributed by atoms with Crippen LogP contribution in [0.4, 0.5) is 4.39 Å². The average Bonchev–Trinajstić information content (AvgIpc) is 3.07. The summed E-state index contributed by atoms with van der Waals surface area (Å²) < 4.78 is 22.3. The van der Waals surface area contributed by atoms with E-state index in [9.17, 15) is 4.39 Å². The SMILES string of the molecule is COc1c(F)cc(-n2cc(-n3ccnc3C3CC3)nn2)cc1Cl. The van der Waals surface area contributed by atoms with Crippen molar-refractivity contribution >= 4 is 11.6 Å². The number of methoxy groups -OCH3 is 1. The predicted molar refractivity (Wildman–Crippen MR) is 82.0 cm³/mol. The van der Waals surface area contributed by atoms with E-state index in [1.807, 2.05) is 10.8 Å². The first kappa shape index (κ1) is 14.2. The number of hydrogen-bond acceptors (Lipinski definition) is 4. The maximum atomic E-state index is 14.0. The number of aromatic nitrogens is 5. The molecule has 1 aromatic carbocycles. The maximum absolute atomic E-state index is 14.0. The highest BCUT2D eigenvalue weighted by Gasteiger charge is 2.28. The van der Waals surface area contributed by atoms with Gasteiger partial charge in [-0.2, -0.15) is 0 Å². The molecule has 0 aliphatic heterocycles. The summed E-state index contributed by atoms with van der Waals surface area (Å²) in [5, 5.41) is 8.38. The average molecular weight is 334 g/mol. The Morgan fingerprint density at radius 1 is 1.35 bits per heavy atom. The molecule has 3 aromatic rings. The zero-order valence-corrected chi connectivity index (χ0v) is 13.0. The summed E-state index contributed by atoms with van der Waals surface area (Å²) in [6.07, 6.45) is 7.60. The van der Waals surface area contributed by atoms with E-state index in [1.165, 1.54) is 17.9 Å². The van der Waals surface area contributed by atoms with E-state index in [0.717, 1.165) is 18.7 Å². The van der Waals surface area contributed by atoms with Gasteiger partial charge in [-0.05, 0) is 18.9 Å². The smallest absolute Gasteiger partial charge is 0.181 e. The molecule has 8 heteroatoms. The molecule has 1 aliphatic rings. The first-order valence-corrected chi connectivity index (χ1v) is 7.54. The summed E-state index contributed by atoms with van der Waals surface area (Å²) in [5.41, 5.74) is 0.472. The molecule has 0 N–H and O–H groups in total. The minimum absolute atomic E-state index is 0.0152. The lowest BCUT2D eigenvalue weighted by atomic mass is 10.3. The lowest BCUT2D eigenvalue weighted by Gasteiger charge is -2.07. The van der Waals surface area contributed by atoms with Crippen LogP contribution in [-0.2, 0) is 0 Å². The number of nitrogens with zero attached hydrogens (tertiary/aromatic N) is 5. The van der Waals surface area contributed by atoms with E-state index in [0.29, 0.717) is 17.4 Å². The van der Waals surface area contributed by atoms with Gasteiger partial charge < -0.3 is 4.74 Å². The van der Waals surface area contributed by atoms with E-state index in [4.69, 9.17) is 16.3 Å². The minimum atomic E-state index is -0.548. The summed E-state index contributed by atoms with van der Waals surface area (Å²) in [6, 6.07) is 2.89. The Hall–Kier alpha value is -2.41. The molecule has 0 radical (unpaired) electrons. The van der Waals surface area contributed by atoms with Crippen molar-refractivity contribution in [2.45, 2.75) is 18.8 Å². The summed E-state index contributed by atoms with van der Waals surface area (Å²) in [7, 11) is 1.37. The van der Waals surface area contributed by atoms with Gasteiger partial charge in [-0.1, -0.05) is 16.8 Å². The molecule has 0 saturated heterocycles. The van der Waals surface area contributed by atoms with Crippen molar-refractivity contribution in [2.75, 3.05) is 7.11 Å². The molecule has 2 aromatic heterocycles. The van der Waals surface area contributed by atoms with Gasteiger partial charge >= 0.3 is 0 Å². The third-order valence-corrected chi connectivity index (χ3v) is 4.07. The normalized spacial score (nSPS) is 14.2. The highest BCUT2D eigenvalue weighted by atomic mass is 35.5. The van der Waals surface area contributed by atoms with Crippen molar-refractivity contribution in [3.8, 4) is 17.3 Å². The van der Waals surface area contributed by atoms with Gasteiger partial charge in [0.25, 0.3) is 0 Å². The Morgan fingerprint density at radius 2 is 2.17 bits per heavy atom. The second kappa shape index (κ2) is 5.34. The van der Waals surface area contributed by atoms with Crippen molar-refractivity contribution in [1.82, 2.24) is 24.5 Å². The van der Waals surface area contributed by atoms with Crippen LogP contribution in [0.1, 0.15) is 24.6 Å². The molecule has 1 saturated carbocycles. The second-order valence-electron chi connectivity index (χ2n) is 5.39. The first-order valence-electron chi connectivity index (χ1n) is 7.16. The zero-order chi connectivity index (χ0) is 16.0. The van der Waals surface area contributed by atoms with Gasteiger partial charge in [0.05, 0.1) is 24.0 Å². The number of ether oxygens (including phenoxy) is 1. The van der Waals surface area contributed by atoms with Crippen molar-refractivity contribution in [3.05, 3.63) is 47.4 Å². The quantitative estimate of drug-likeness (QED) is 0.736. The Morgan fingerprint density at radius 3 is 2.87 bits per heavy atom. The zero-order valence-electron chi connectivity index (χ0n) is 12.3. The summed E-state index contributed by atoms with van der Waals surface area (Å²) in [6.45, 7) is 0. The van der Waals surface area contributed by atoms with E-state index in [2.05, 4.69) is 15.3 Å². The van der Waals surface area contributed by atoms with Crippen molar-refractivity contribution < 1.29 is 9.13 Å². The number of imidazole rings is 1. The number of hydrogen-bond donors (Lipinski definition) is 0. The molecule has 118 valence electrons. The Kier molecular flexibility index (Phi) is 3.30. The molecule has 0 unspecified atom stereocenters. The van der Waals surface area contributed by atoms with Crippen molar-refractivity contribution in [3.63, 3.8) is 0 Å². The number of rotatable bonds is 4. The fourth-order valence-corrected chi connectivity index (χ4v) is 2.80. The van der Waals surface area contributed by atoms with Crippen LogP contribution in [0.25, 0.3) is 11.5 Å². The first-order chi connectivity index (χ1) is 11.2. The molecular weight excluding hydrogens is 321 g/mol. The molecule has 0 atom stereocenters. The predicted octanol–water partition coefficient (Wildman–Crippen LogP) is 3.13. The summed E-state index contributed by atoms with van der Waals surface area (Å²) >= 11 is 6.02. The Balaban J connectivity index is 1.72. The van der Waals surface area contributed by atoms with Crippen LogP contribution in [0.2, 0.25) is 5.02 Å². The lowest BCUT2D eigenvalue weighted by Crippen LogP contribution is -1.99. The standard InChI is InChI=1S/C15H13ClFN5O/c1-23-14-11(16)6-10(7-12(14)17)22-8-13(19-20-22)21-5-4-18-15(21)9-2-3-9/h4-9H,2-3H2,1H3. The molecule has 0 spiro atoms. The number of benzene rings is 1. The Bertz CT molecular complexity index is 847. The van der Waals surface area contributed by atoms with Crippen LogP contribution >= 0.6 is 11.6 Å². The van der Waals surface area contributed by atoms with Crippen LogP contribution < -0.4 is 4.74 Å². The Labute approximate surface area is 136 Å². The van der Waals surface area contributed by atoms with Crippen LogP contribution in [0, 0.1) is 5.82 Å². The van der Waals surface area contributed by atoms with Gasteiger partial charge in [0.15, 0.2) is 17.4 Å². The molecule has 1 fully saturated rings. The van der Waals surface area contributed by atoms with Crippen molar-refractivity contribution in [2.24, 2.45) is 0 Å². The fourth-order valence-electron chi connectivity index (χ4n) is 2.52.